The Labute approximate surface area is 315 Å². The zero-order valence-corrected chi connectivity index (χ0v) is 34.1. The number of hydrogen-bond donors (Lipinski definition) is 1. The topological polar surface area (TPSA) is 115 Å². The number of ether oxygens (including phenoxy) is 3. The Kier molecular flexibility index (Phi) is 11.6. The van der Waals surface area contributed by atoms with E-state index in [0.717, 1.165) is 86.8 Å². The number of benzene rings is 2. The molecule has 4 aromatic rings. The van der Waals surface area contributed by atoms with Crippen LogP contribution in [-0.2, 0) is 32.6 Å². The average Bonchev–Trinajstić information content (AvgIpc) is 3.34. The van der Waals surface area contributed by atoms with E-state index < -0.39 is 29.7 Å². The van der Waals surface area contributed by atoms with Crippen molar-refractivity contribution in [3.63, 3.8) is 0 Å². The highest BCUT2D eigenvalue weighted by molar-refractivity contribution is 7.92. The summed E-state index contributed by atoms with van der Waals surface area (Å²) in [5.74, 6) is 0.493. The van der Waals surface area contributed by atoms with Gasteiger partial charge in [-0.05, 0) is 87.5 Å². The number of esters is 1. The largest absolute Gasteiger partial charge is 0.456 e. The molecule has 0 radical (unpaired) electrons. The minimum absolute atomic E-state index is 0.221. The first-order valence-corrected chi connectivity index (χ1v) is 24.3. The van der Waals surface area contributed by atoms with Crippen LogP contribution < -0.4 is 14.4 Å². The summed E-state index contributed by atoms with van der Waals surface area (Å²) in [5.41, 5.74) is 4.48. The van der Waals surface area contributed by atoms with Crippen molar-refractivity contribution in [2.24, 2.45) is 0 Å². The first-order chi connectivity index (χ1) is 25.0. The van der Waals surface area contributed by atoms with E-state index in [-0.39, 0.29) is 6.04 Å². The van der Waals surface area contributed by atoms with Gasteiger partial charge in [-0.15, -0.1) is 0 Å². The van der Waals surface area contributed by atoms with Gasteiger partial charge in [0.25, 0.3) is 0 Å². The molecule has 1 unspecified atom stereocenters. The van der Waals surface area contributed by atoms with E-state index in [0.29, 0.717) is 29.5 Å². The standard InChI is InChI=1S/C40H55N5O6SSi/c1-40(2,3)51-39(46)34-16-15-30(26-37(34)50-31-25-29-17-18-45(38(29)41-27-31)28-49-23-24-53(5,6)7)43-19-21-44(22-20-43)36-14-9-8-11-32-33(36)12-10-13-35(32)42-52(4,47)48/h10,12-13,15-18,25-27,36,42H,8-9,11,14,19-24,28H2,1-7H3. The molecule has 1 saturated heterocycles. The van der Waals surface area contributed by atoms with E-state index in [1.54, 1.807) is 12.3 Å². The van der Waals surface area contributed by atoms with Crippen molar-refractivity contribution in [1.29, 1.82) is 0 Å². The Morgan fingerprint density at radius 1 is 1.02 bits per heavy atom. The number of rotatable bonds is 12. The molecule has 0 saturated carbocycles. The molecule has 11 nitrogen and oxygen atoms in total. The molecule has 286 valence electrons. The van der Waals surface area contributed by atoms with Crippen LogP contribution in [0, 0.1) is 0 Å². The number of sulfonamides is 1. The van der Waals surface area contributed by atoms with Gasteiger partial charge < -0.3 is 23.7 Å². The molecule has 53 heavy (non-hydrogen) atoms. The Bertz CT molecular complexity index is 2030. The first kappa shape index (κ1) is 38.8. The van der Waals surface area contributed by atoms with Crippen molar-refractivity contribution in [3.05, 3.63) is 77.6 Å². The molecule has 1 N–H and O–H groups in total. The molecule has 2 aromatic carbocycles. The molecule has 6 rings (SSSR count). The zero-order chi connectivity index (χ0) is 38.0. The lowest BCUT2D eigenvalue weighted by atomic mass is 9.96. The monoisotopic (exact) mass is 761 g/mol. The highest BCUT2D eigenvalue weighted by Crippen LogP contribution is 2.38. The number of anilines is 2. The second-order valence-corrected chi connectivity index (χ2v) is 23.9. The van der Waals surface area contributed by atoms with Crippen LogP contribution in [-0.4, -0.2) is 81.6 Å². The lowest BCUT2D eigenvalue weighted by Gasteiger charge is -2.41. The third-order valence-corrected chi connectivity index (χ3v) is 12.1. The zero-order valence-electron chi connectivity index (χ0n) is 32.3. The van der Waals surface area contributed by atoms with Gasteiger partial charge in [0.05, 0.1) is 18.1 Å². The van der Waals surface area contributed by atoms with Crippen molar-refractivity contribution in [2.75, 3.05) is 48.7 Å². The van der Waals surface area contributed by atoms with Crippen LogP contribution in [0.1, 0.15) is 67.6 Å². The smallest absolute Gasteiger partial charge is 0.342 e. The number of nitrogens with one attached hydrogen (secondary N) is 1. The van der Waals surface area contributed by atoms with E-state index >= 15 is 0 Å². The van der Waals surface area contributed by atoms with Crippen molar-refractivity contribution in [1.82, 2.24) is 14.5 Å². The molecule has 1 aliphatic carbocycles. The molecule has 0 spiro atoms. The number of hydrogen-bond acceptors (Lipinski definition) is 9. The average molecular weight is 762 g/mol. The van der Waals surface area contributed by atoms with Crippen LogP contribution in [0.2, 0.25) is 25.7 Å². The predicted octanol–water partition coefficient (Wildman–Crippen LogP) is 8.06. The van der Waals surface area contributed by atoms with Crippen molar-refractivity contribution in [3.8, 4) is 11.5 Å². The Morgan fingerprint density at radius 2 is 1.79 bits per heavy atom. The summed E-state index contributed by atoms with van der Waals surface area (Å²) in [5, 5.41) is 0.918. The minimum atomic E-state index is -3.38. The van der Waals surface area contributed by atoms with E-state index in [1.807, 2.05) is 67.9 Å². The molecule has 1 atom stereocenters. The van der Waals surface area contributed by atoms with Gasteiger partial charge in [-0.1, -0.05) is 38.2 Å². The maximum absolute atomic E-state index is 13.4. The predicted molar refractivity (Wildman–Crippen MR) is 215 cm³/mol. The van der Waals surface area contributed by atoms with Crippen LogP contribution in [0.25, 0.3) is 11.0 Å². The summed E-state index contributed by atoms with van der Waals surface area (Å²) < 4.78 is 47.2. The SMILES string of the molecule is CC(C)(C)OC(=O)c1ccc(N2CCN(C3CCCCc4c(NS(C)(=O)=O)cccc43)CC2)cc1Oc1cnc2c(ccn2COCC[Si](C)(C)C)c1. The van der Waals surface area contributed by atoms with Crippen LogP contribution in [0.15, 0.2) is 60.9 Å². The summed E-state index contributed by atoms with van der Waals surface area (Å²) in [6.07, 6.45) is 8.87. The van der Waals surface area contributed by atoms with Crippen LogP contribution in [0.5, 0.6) is 11.5 Å². The fourth-order valence-corrected chi connectivity index (χ4v) is 8.48. The third-order valence-electron chi connectivity index (χ3n) is 9.76. The van der Waals surface area contributed by atoms with Gasteiger partial charge in [0.1, 0.15) is 35.0 Å². The maximum Gasteiger partial charge on any atom is 0.342 e. The van der Waals surface area contributed by atoms with E-state index in [4.69, 9.17) is 19.2 Å². The van der Waals surface area contributed by atoms with Crippen LogP contribution in [0.3, 0.4) is 0 Å². The first-order valence-electron chi connectivity index (χ1n) is 18.7. The summed E-state index contributed by atoms with van der Waals surface area (Å²) in [6.45, 7) is 17.0. The molecule has 3 heterocycles. The Morgan fingerprint density at radius 3 is 2.51 bits per heavy atom. The van der Waals surface area contributed by atoms with E-state index in [1.165, 1.54) is 11.8 Å². The number of pyridine rings is 1. The molecule has 1 aliphatic heterocycles. The molecule has 13 heteroatoms. The Hall–Kier alpha value is -3.91. The number of carbonyl (C=O) groups excluding carboxylic acids is 1. The van der Waals surface area contributed by atoms with Crippen molar-refractivity contribution < 1.29 is 27.4 Å². The quantitative estimate of drug-likeness (QED) is 0.0663. The van der Waals surface area contributed by atoms with E-state index in [9.17, 15) is 13.2 Å². The van der Waals surface area contributed by atoms with E-state index in [2.05, 4.69) is 40.2 Å². The number of carbonyl (C=O) groups is 1. The number of piperazine rings is 1. The molecular formula is C40H55N5O6SSi. The fraction of sp³-hybridized carbons (Fsp3) is 0.500. The molecule has 1 fully saturated rings. The number of nitrogens with zero attached hydrogens (tertiary/aromatic N) is 4. The molecule has 2 aromatic heterocycles. The van der Waals surface area contributed by atoms with Gasteiger partial charge in [0.2, 0.25) is 10.0 Å². The van der Waals surface area contributed by atoms with Crippen LogP contribution in [0.4, 0.5) is 11.4 Å². The summed E-state index contributed by atoms with van der Waals surface area (Å²) in [6, 6.07) is 16.9. The highest BCUT2D eigenvalue weighted by Gasteiger charge is 2.30. The summed E-state index contributed by atoms with van der Waals surface area (Å²) >= 11 is 0. The van der Waals surface area contributed by atoms with Crippen molar-refractivity contribution >= 4 is 46.5 Å². The number of fused-ring (bicyclic) bond motifs is 2. The summed E-state index contributed by atoms with van der Waals surface area (Å²) in [7, 11) is -4.55. The van der Waals surface area contributed by atoms with Gasteiger partial charge in [-0.3, -0.25) is 9.62 Å². The lowest BCUT2D eigenvalue weighted by molar-refractivity contribution is 0.00671. The van der Waals surface area contributed by atoms with Gasteiger partial charge in [0.15, 0.2) is 0 Å². The molecular weight excluding hydrogens is 707 g/mol. The normalized spacial score (nSPS) is 17.3. The van der Waals surface area contributed by atoms with Gasteiger partial charge in [-0.25, -0.2) is 18.2 Å². The Balaban J connectivity index is 1.19. The second kappa shape index (κ2) is 15.8. The fourth-order valence-electron chi connectivity index (χ4n) is 7.14. The highest BCUT2D eigenvalue weighted by atomic mass is 32.2. The maximum atomic E-state index is 13.4. The lowest BCUT2D eigenvalue weighted by Crippen LogP contribution is -2.47. The van der Waals surface area contributed by atoms with Gasteiger partial charge >= 0.3 is 5.97 Å². The van der Waals surface area contributed by atoms with Gasteiger partial charge in [0, 0.05) is 70.2 Å². The van der Waals surface area contributed by atoms with Crippen LogP contribution >= 0.6 is 0 Å². The van der Waals surface area contributed by atoms with Gasteiger partial charge in [-0.2, -0.15) is 0 Å². The molecule has 2 aliphatic rings. The molecule has 0 amide bonds. The number of aromatic nitrogens is 2. The third kappa shape index (κ3) is 10.2. The second-order valence-electron chi connectivity index (χ2n) is 16.5. The summed E-state index contributed by atoms with van der Waals surface area (Å²) in [4.78, 5) is 23.0. The molecule has 0 bridgehead atoms. The minimum Gasteiger partial charge on any atom is -0.456 e. The van der Waals surface area contributed by atoms with Crippen molar-refractivity contribution in [2.45, 2.75) is 90.5 Å².